The fourth-order valence-corrected chi connectivity index (χ4v) is 12.5. The number of amides is 3. The van der Waals surface area contributed by atoms with Crippen LogP contribution in [0.5, 0.6) is 0 Å². The molecule has 9 aromatic heterocycles. The molecule has 566 valence electrons. The van der Waals surface area contributed by atoms with E-state index in [2.05, 4.69) is 56.0 Å². The summed E-state index contributed by atoms with van der Waals surface area (Å²) in [4.78, 5) is 100. The van der Waals surface area contributed by atoms with Gasteiger partial charge in [0.15, 0.2) is 16.9 Å². The molecule has 3 saturated heterocycles. The van der Waals surface area contributed by atoms with Crippen molar-refractivity contribution in [3.63, 3.8) is 0 Å². The first kappa shape index (κ1) is 78.9. The fraction of sp³-hybridized carbons (Fsp3) is 0.418. The van der Waals surface area contributed by atoms with Gasteiger partial charge < -0.3 is 29.6 Å². The number of aldehydes is 1. The lowest BCUT2D eigenvalue weighted by Gasteiger charge is -2.28. The molecule has 9 aromatic rings. The molecule has 39 heteroatoms. The van der Waals surface area contributed by atoms with Crippen LogP contribution < -0.4 is 31.0 Å². The number of anilines is 3. The number of hydrazine groups is 3. The van der Waals surface area contributed by atoms with Gasteiger partial charge in [0.1, 0.15) is 57.2 Å². The van der Waals surface area contributed by atoms with Crippen molar-refractivity contribution in [1.82, 2.24) is 90.1 Å². The summed E-state index contributed by atoms with van der Waals surface area (Å²) in [7, 11) is 4.81. The maximum atomic E-state index is 14.3. The minimum absolute atomic E-state index is 0. The molecule has 0 spiro atoms. The topological polar surface area (TPSA) is 337 Å². The van der Waals surface area contributed by atoms with E-state index in [9.17, 15) is 73.7 Å². The van der Waals surface area contributed by atoms with Crippen LogP contribution in [0.25, 0.3) is 16.9 Å². The second-order valence-corrected chi connectivity index (χ2v) is 25.7. The van der Waals surface area contributed by atoms with Gasteiger partial charge in [-0.3, -0.25) is 45.6 Å². The van der Waals surface area contributed by atoms with E-state index in [1.54, 1.807) is 91.6 Å². The van der Waals surface area contributed by atoms with E-state index in [0.717, 1.165) is 72.5 Å². The van der Waals surface area contributed by atoms with E-state index < -0.39 is 59.8 Å². The predicted molar refractivity (Wildman–Crippen MR) is 362 cm³/mol. The summed E-state index contributed by atoms with van der Waals surface area (Å²) in [6.07, 6.45) is 7.39. The third kappa shape index (κ3) is 19.4. The van der Waals surface area contributed by atoms with Gasteiger partial charge in [0.05, 0.1) is 55.3 Å². The summed E-state index contributed by atoms with van der Waals surface area (Å²) in [6.45, 7) is 8.42. The van der Waals surface area contributed by atoms with Crippen molar-refractivity contribution < 1.29 is 83.2 Å². The smallest absolute Gasteiger partial charge is 0.472 e. The molecule has 3 amide bonds. The summed E-state index contributed by atoms with van der Waals surface area (Å²) >= 11 is 0. The Morgan fingerprint density at radius 3 is 1.45 bits per heavy atom. The number of carbonyl (C=O) groups is 6. The Hall–Kier alpha value is -11.2. The molecular weight excluding hydrogens is 1410 g/mol. The minimum Gasteiger partial charge on any atom is -0.477 e. The molecule has 13 rings (SSSR count). The number of carbonyl (C=O) groups excluding carboxylic acids is 4. The van der Waals surface area contributed by atoms with Crippen LogP contribution in [0.15, 0.2) is 92.2 Å². The summed E-state index contributed by atoms with van der Waals surface area (Å²) in [5, 5.41) is 35.4. The van der Waals surface area contributed by atoms with E-state index in [4.69, 9.17) is 14.5 Å². The molecule has 3 fully saturated rings. The van der Waals surface area contributed by atoms with E-state index in [0.29, 0.717) is 85.2 Å². The Balaban J connectivity index is 0.000000177. The molecule has 4 aliphatic rings. The number of carboxylic acids is 2. The van der Waals surface area contributed by atoms with Crippen LogP contribution in [0.1, 0.15) is 150 Å². The molecule has 30 nitrogen and oxygen atoms in total. The van der Waals surface area contributed by atoms with Gasteiger partial charge in [-0.15, -0.1) is 0 Å². The van der Waals surface area contributed by atoms with Gasteiger partial charge in [-0.25, -0.2) is 71.1 Å². The van der Waals surface area contributed by atoms with Crippen LogP contribution in [0, 0.1) is 17.5 Å². The molecule has 0 radical (unpaired) electrons. The zero-order chi connectivity index (χ0) is 75.8. The maximum absolute atomic E-state index is 14.3. The van der Waals surface area contributed by atoms with E-state index in [-0.39, 0.29) is 72.7 Å². The third-order valence-electron chi connectivity index (χ3n) is 17.1. The number of ether oxygens (including phenoxy) is 1. The molecule has 13 heterocycles. The highest BCUT2D eigenvalue weighted by atomic mass is 19.4. The minimum atomic E-state index is -5.01. The van der Waals surface area contributed by atoms with Crippen LogP contribution >= 0.6 is 0 Å². The molecule has 106 heavy (non-hydrogen) atoms. The van der Waals surface area contributed by atoms with E-state index in [1.807, 2.05) is 15.9 Å². The van der Waals surface area contributed by atoms with Crippen molar-refractivity contribution in [3.05, 3.63) is 160 Å². The number of halogens is 9. The standard InChI is InChI=1S/C24H30FN7O4.C21H21F4N7O3.C19H20FN7O.C2HF3O.CH4/c1-24(2,3)36-23(35)29-30(4)10-7-18-16(12-15(25)13-26-18)19-6-5-9-31(19)20-8-11-32-21(28-20)17(14-27-32)22(33)34;1-30(29-20(35)21(23,24)25)7-4-15-13(9-12(22)10-26-15)16-3-2-6-31(16)17-5-8-32-18(28-17)14(11-27-32)19(33)34;1-25-7-4-15-13(9-12(20)10-21-15)16-3-2-6-26(16)17-5-8-27-18(23-17)14(11-22-27)19(28)24-25;3-2(4,5)1-6;/h8,11-14,19H,5-7,9-10H2,1-4H3,(H,29,35)(H,33,34);5,8-11,16H,2-4,6-7H2,1H3,(H,29,35)(H,33,34);5,8-11,16H,2-4,6-7H2,1H3,(H,24,28);1H;1H4/t;2*16-;;/m.11../s1. The Bertz CT molecular complexity index is 4670. The zero-order valence-corrected chi connectivity index (χ0v) is 57.3. The third-order valence-corrected chi connectivity index (χ3v) is 17.1. The number of hydrogen-bond acceptors (Lipinski definition) is 22. The Morgan fingerprint density at radius 1 is 0.613 bits per heavy atom. The van der Waals surface area contributed by atoms with Crippen molar-refractivity contribution >= 4 is 70.5 Å². The van der Waals surface area contributed by atoms with E-state index >= 15 is 0 Å². The van der Waals surface area contributed by atoms with Crippen molar-refractivity contribution in [2.75, 3.05) is 75.1 Å². The average Bonchev–Trinajstić information content (AvgIpc) is 1.62. The quantitative estimate of drug-likeness (QED) is 0.0386. The Labute approximate surface area is 599 Å². The predicted octanol–water partition coefficient (Wildman–Crippen LogP) is 8.71. The van der Waals surface area contributed by atoms with Gasteiger partial charge in [0.25, 0.3) is 5.91 Å². The van der Waals surface area contributed by atoms with Crippen LogP contribution in [0.3, 0.4) is 0 Å². The second kappa shape index (κ2) is 33.3. The first-order valence-corrected chi connectivity index (χ1v) is 32.8. The van der Waals surface area contributed by atoms with Gasteiger partial charge in [-0.2, -0.15) is 41.6 Å². The number of pyridine rings is 3. The second-order valence-electron chi connectivity index (χ2n) is 25.7. The molecule has 4 aliphatic heterocycles. The Morgan fingerprint density at radius 2 is 1.02 bits per heavy atom. The van der Waals surface area contributed by atoms with E-state index in [1.165, 1.54) is 59.2 Å². The SMILES string of the molecule is C.CN(CCc1ncc(F)cc1C1CCCN1c1ccn2ncc(C(=O)O)c2n1)NC(=O)OC(C)(C)C.CN(CCc1ncc(F)cc1[C@H]1CCCN1c1ccn2ncc(C(=O)O)c2n1)NC(=O)C(F)(F)F.CN1CCc2ncc(F)cc2[C@H]2CCCN2c2ccn3ncc(c3n2)C(=O)N1.O=CC(F)(F)F. The number of nitrogens with zero attached hydrogens (tertiary/aromatic N) is 18. The first-order chi connectivity index (χ1) is 49.7. The number of aromatic nitrogens is 12. The fourth-order valence-electron chi connectivity index (χ4n) is 12.5. The van der Waals surface area contributed by atoms with Gasteiger partial charge in [-0.05, 0) is 112 Å². The first-order valence-electron chi connectivity index (χ1n) is 32.8. The van der Waals surface area contributed by atoms with Gasteiger partial charge >= 0.3 is 36.3 Å². The molecule has 1 unspecified atom stereocenters. The largest absolute Gasteiger partial charge is 0.477 e. The molecule has 0 aromatic carbocycles. The number of fused-ring (bicyclic) bond motifs is 7. The molecule has 0 saturated carbocycles. The summed E-state index contributed by atoms with van der Waals surface area (Å²) in [6, 6.07) is 9.24. The van der Waals surface area contributed by atoms with Crippen molar-refractivity contribution in [3.8, 4) is 0 Å². The molecular formula is C67H76F9N21O9. The molecule has 0 aliphatic carbocycles. The highest BCUT2D eigenvalue weighted by molar-refractivity contribution is 5.99. The van der Waals surface area contributed by atoms with Crippen LogP contribution in [-0.4, -0.2) is 198 Å². The highest BCUT2D eigenvalue weighted by Crippen LogP contribution is 2.40. The lowest BCUT2D eigenvalue weighted by atomic mass is 10.0. The van der Waals surface area contributed by atoms with Gasteiger partial charge in [0, 0.05) is 115 Å². The number of carboxylic acid groups (broad SMARTS) is 2. The summed E-state index contributed by atoms with van der Waals surface area (Å²) in [5.74, 6) is -4.13. The average molecular weight is 1490 g/mol. The van der Waals surface area contributed by atoms with Crippen molar-refractivity contribution in [2.45, 2.75) is 122 Å². The van der Waals surface area contributed by atoms with Crippen LogP contribution in [-0.2, 0) is 33.6 Å². The zero-order valence-electron chi connectivity index (χ0n) is 57.3. The number of aromatic carboxylic acids is 2. The monoisotopic (exact) mass is 1490 g/mol. The highest BCUT2D eigenvalue weighted by Gasteiger charge is 2.40. The number of hydrogen-bond donors (Lipinski definition) is 5. The normalized spacial score (nSPS) is 16.8. The van der Waals surface area contributed by atoms with Gasteiger partial charge in [-0.1, -0.05) is 7.43 Å². The maximum Gasteiger partial charge on any atom is 0.472 e. The van der Waals surface area contributed by atoms with Crippen LogP contribution in [0.4, 0.5) is 61.8 Å². The van der Waals surface area contributed by atoms with Crippen molar-refractivity contribution in [2.24, 2.45) is 0 Å². The number of nitrogens with one attached hydrogen (secondary N) is 3. The molecule has 2 bridgehead atoms. The lowest BCUT2D eigenvalue weighted by Crippen LogP contribution is -2.46. The van der Waals surface area contributed by atoms with Crippen molar-refractivity contribution in [1.29, 1.82) is 0 Å². The Kier molecular flexibility index (Phi) is 24.8. The van der Waals surface area contributed by atoms with Gasteiger partial charge in [0.2, 0.25) is 6.29 Å². The summed E-state index contributed by atoms with van der Waals surface area (Å²) < 4.78 is 121. The molecule has 5 N–H and O–H groups in total. The molecule has 3 atom stereocenters. The number of alkyl halides is 6. The summed E-state index contributed by atoms with van der Waals surface area (Å²) in [5.41, 5.74) is 12.2. The van der Waals surface area contributed by atoms with Crippen LogP contribution in [0.2, 0.25) is 0 Å². The lowest BCUT2D eigenvalue weighted by molar-refractivity contribution is -0.178. The number of rotatable bonds is 14. The number of likely N-dealkylation sites (N-methyl/N-ethyl adjacent to an activating group) is 3.